The molecule has 0 heterocycles. The highest BCUT2D eigenvalue weighted by atomic mass is 127. The third-order valence-electron chi connectivity index (χ3n) is 3.07. The molecule has 0 radical (unpaired) electrons. The zero-order valence-corrected chi connectivity index (χ0v) is 16.8. The van der Waals surface area contributed by atoms with Gasteiger partial charge in [0.15, 0.2) is 5.96 Å². The van der Waals surface area contributed by atoms with Gasteiger partial charge in [0.05, 0.1) is 19.4 Å². The number of anilines is 1. The molecule has 1 rings (SSSR count). The number of benzene rings is 1. The number of ether oxygens (including phenoxy) is 1. The van der Waals surface area contributed by atoms with Crippen molar-refractivity contribution in [1.29, 1.82) is 0 Å². The summed E-state index contributed by atoms with van der Waals surface area (Å²) in [6.45, 7) is 4.65. The van der Waals surface area contributed by atoms with Gasteiger partial charge in [0, 0.05) is 24.8 Å². The van der Waals surface area contributed by atoms with Crippen molar-refractivity contribution in [3.05, 3.63) is 24.3 Å². The van der Waals surface area contributed by atoms with Gasteiger partial charge in [-0.1, -0.05) is 19.9 Å². The van der Waals surface area contributed by atoms with E-state index in [0.29, 0.717) is 18.8 Å². The molecule has 0 aromatic heterocycles. The van der Waals surface area contributed by atoms with Crippen molar-refractivity contribution in [2.75, 3.05) is 37.8 Å². The first-order chi connectivity index (χ1) is 10.4. The van der Waals surface area contributed by atoms with Crippen molar-refractivity contribution < 1.29 is 13.2 Å². The zero-order chi connectivity index (χ0) is 16.6. The van der Waals surface area contributed by atoms with Crippen molar-refractivity contribution in [1.82, 2.24) is 4.31 Å². The molecule has 0 bridgehead atoms. The summed E-state index contributed by atoms with van der Waals surface area (Å²) in [4.78, 5) is 4.05. The van der Waals surface area contributed by atoms with Gasteiger partial charge in [-0.3, -0.25) is 4.99 Å². The van der Waals surface area contributed by atoms with E-state index in [2.05, 4.69) is 10.3 Å². The fourth-order valence-electron chi connectivity index (χ4n) is 1.92. The van der Waals surface area contributed by atoms with Crippen molar-refractivity contribution >= 4 is 45.6 Å². The Morgan fingerprint density at radius 3 is 2.57 bits per heavy atom. The number of nitrogens with one attached hydrogen (secondary N) is 1. The minimum Gasteiger partial charge on any atom is -0.497 e. The Morgan fingerprint density at radius 1 is 1.35 bits per heavy atom. The van der Waals surface area contributed by atoms with E-state index < -0.39 is 10.0 Å². The van der Waals surface area contributed by atoms with Crippen molar-refractivity contribution in [3.63, 3.8) is 0 Å². The topological polar surface area (TPSA) is 97.0 Å². The van der Waals surface area contributed by atoms with Crippen LogP contribution >= 0.6 is 24.0 Å². The standard InChI is InChI=1S/C14H24N4O3S.HI/c1-4-18(5-2)22(19,20)10-9-16-14(15)17-12-7-6-8-13(11-12)21-3;/h6-8,11H,4-5,9-10H2,1-3H3,(H3,15,16,17);1H. The molecule has 9 heteroatoms. The van der Waals surface area contributed by atoms with Gasteiger partial charge in [0.2, 0.25) is 10.0 Å². The van der Waals surface area contributed by atoms with Crippen molar-refractivity contribution in [3.8, 4) is 5.75 Å². The summed E-state index contributed by atoms with van der Waals surface area (Å²) in [5.74, 6) is 0.805. The number of hydrogen-bond acceptors (Lipinski definition) is 4. The number of halogens is 1. The van der Waals surface area contributed by atoms with Gasteiger partial charge in [-0.2, -0.15) is 0 Å². The molecular weight excluding hydrogens is 431 g/mol. The number of aliphatic imine (C=N–C) groups is 1. The fraction of sp³-hybridized carbons (Fsp3) is 0.500. The minimum atomic E-state index is -3.28. The van der Waals surface area contributed by atoms with E-state index in [1.165, 1.54) is 4.31 Å². The summed E-state index contributed by atoms with van der Waals surface area (Å²) >= 11 is 0. The highest BCUT2D eigenvalue weighted by Gasteiger charge is 2.17. The normalized spacial score (nSPS) is 11.9. The highest BCUT2D eigenvalue weighted by Crippen LogP contribution is 2.16. The van der Waals surface area contributed by atoms with Gasteiger partial charge in [-0.25, -0.2) is 12.7 Å². The highest BCUT2D eigenvalue weighted by molar-refractivity contribution is 14.0. The van der Waals surface area contributed by atoms with Gasteiger partial charge < -0.3 is 15.8 Å². The molecule has 7 nitrogen and oxygen atoms in total. The molecule has 0 saturated carbocycles. The van der Waals surface area contributed by atoms with E-state index in [-0.39, 0.29) is 42.2 Å². The van der Waals surface area contributed by atoms with Crippen LogP contribution in [0.4, 0.5) is 5.69 Å². The Labute approximate surface area is 155 Å². The summed E-state index contributed by atoms with van der Waals surface area (Å²) in [6.07, 6.45) is 0. The van der Waals surface area contributed by atoms with Gasteiger partial charge in [-0.15, -0.1) is 24.0 Å². The molecule has 0 atom stereocenters. The number of nitrogens with zero attached hydrogens (tertiary/aromatic N) is 2. The average molecular weight is 456 g/mol. The van der Waals surface area contributed by atoms with Crippen LogP contribution in [0.15, 0.2) is 29.3 Å². The van der Waals surface area contributed by atoms with E-state index in [4.69, 9.17) is 10.5 Å². The number of methoxy groups -OCH3 is 1. The molecule has 132 valence electrons. The van der Waals surface area contributed by atoms with Crippen LogP contribution in [-0.4, -0.2) is 51.2 Å². The molecule has 0 unspecified atom stereocenters. The van der Waals surface area contributed by atoms with Crippen LogP contribution in [0, 0.1) is 0 Å². The van der Waals surface area contributed by atoms with Crippen molar-refractivity contribution in [2.24, 2.45) is 10.7 Å². The van der Waals surface area contributed by atoms with Crippen LogP contribution in [0.5, 0.6) is 5.75 Å². The van der Waals surface area contributed by atoms with E-state index in [0.717, 1.165) is 5.69 Å². The molecule has 0 amide bonds. The minimum absolute atomic E-state index is 0. The summed E-state index contributed by atoms with van der Waals surface area (Å²) in [5, 5.41) is 2.90. The summed E-state index contributed by atoms with van der Waals surface area (Å²) in [6, 6.07) is 7.22. The SMILES string of the molecule is CCN(CC)S(=O)(=O)CCN=C(N)Nc1cccc(OC)c1.I. The van der Waals surface area contributed by atoms with E-state index in [1.54, 1.807) is 13.2 Å². The van der Waals surface area contributed by atoms with Gasteiger partial charge >= 0.3 is 0 Å². The fourth-order valence-corrected chi connectivity index (χ4v) is 3.28. The lowest BCUT2D eigenvalue weighted by molar-refractivity contribution is 0.415. The Balaban J connectivity index is 0.00000484. The van der Waals surface area contributed by atoms with Crippen LogP contribution in [-0.2, 0) is 10.0 Å². The summed E-state index contributed by atoms with van der Waals surface area (Å²) in [7, 11) is -1.70. The van der Waals surface area contributed by atoms with Gasteiger partial charge in [0.1, 0.15) is 5.75 Å². The largest absolute Gasteiger partial charge is 0.497 e. The van der Waals surface area contributed by atoms with Crippen molar-refractivity contribution in [2.45, 2.75) is 13.8 Å². The third-order valence-corrected chi connectivity index (χ3v) is 5.07. The Hall–Kier alpha value is -1.07. The smallest absolute Gasteiger partial charge is 0.215 e. The monoisotopic (exact) mass is 456 g/mol. The molecular formula is C14H25IN4O3S. The van der Waals surface area contributed by atoms with Gasteiger partial charge in [-0.05, 0) is 12.1 Å². The van der Waals surface area contributed by atoms with Crippen LogP contribution in [0.2, 0.25) is 0 Å². The predicted octanol–water partition coefficient (Wildman–Crippen LogP) is 1.71. The van der Waals surface area contributed by atoms with E-state index in [1.807, 2.05) is 32.0 Å². The molecule has 0 aliphatic heterocycles. The maximum atomic E-state index is 12.0. The maximum absolute atomic E-state index is 12.0. The molecule has 3 N–H and O–H groups in total. The molecule has 0 aliphatic carbocycles. The van der Waals surface area contributed by atoms with E-state index >= 15 is 0 Å². The molecule has 1 aromatic carbocycles. The lowest BCUT2D eigenvalue weighted by Crippen LogP contribution is -2.34. The molecule has 0 fully saturated rings. The summed E-state index contributed by atoms with van der Waals surface area (Å²) in [5.41, 5.74) is 6.49. The first kappa shape index (κ1) is 21.9. The zero-order valence-electron chi connectivity index (χ0n) is 13.7. The first-order valence-corrected chi connectivity index (χ1v) is 8.72. The first-order valence-electron chi connectivity index (χ1n) is 7.11. The number of guanidine groups is 1. The van der Waals surface area contributed by atoms with Gasteiger partial charge in [0.25, 0.3) is 0 Å². The molecule has 0 saturated heterocycles. The lowest BCUT2D eigenvalue weighted by Gasteiger charge is -2.17. The molecule has 23 heavy (non-hydrogen) atoms. The average Bonchev–Trinajstić information content (AvgIpc) is 2.48. The Kier molecular flexibility index (Phi) is 10.2. The van der Waals surface area contributed by atoms with Crippen LogP contribution < -0.4 is 15.8 Å². The lowest BCUT2D eigenvalue weighted by atomic mass is 10.3. The summed E-state index contributed by atoms with van der Waals surface area (Å²) < 4.78 is 30.5. The van der Waals surface area contributed by atoms with E-state index in [9.17, 15) is 8.42 Å². The number of hydrogen-bond donors (Lipinski definition) is 2. The van der Waals surface area contributed by atoms with Crippen LogP contribution in [0.3, 0.4) is 0 Å². The Morgan fingerprint density at radius 2 is 2.00 bits per heavy atom. The maximum Gasteiger partial charge on any atom is 0.215 e. The Bertz CT molecular complexity index is 604. The molecule has 0 aliphatic rings. The number of rotatable bonds is 8. The quantitative estimate of drug-likeness (QED) is 0.353. The second-order valence-corrected chi connectivity index (χ2v) is 6.61. The predicted molar refractivity (Wildman–Crippen MR) is 105 cm³/mol. The molecule has 0 spiro atoms. The number of sulfonamides is 1. The third kappa shape index (κ3) is 7.36. The molecule has 1 aromatic rings. The number of nitrogens with two attached hydrogens (primary N) is 1. The second-order valence-electron chi connectivity index (χ2n) is 4.52. The van der Waals surface area contributed by atoms with Crippen LogP contribution in [0.1, 0.15) is 13.8 Å². The van der Waals surface area contributed by atoms with Crippen LogP contribution in [0.25, 0.3) is 0 Å². The second kappa shape index (κ2) is 10.7.